The van der Waals surface area contributed by atoms with Gasteiger partial charge in [-0.25, -0.2) is 17.9 Å². The monoisotopic (exact) mass is 374 g/mol. The van der Waals surface area contributed by atoms with Crippen molar-refractivity contribution in [1.82, 2.24) is 9.29 Å². The van der Waals surface area contributed by atoms with Crippen molar-refractivity contribution < 1.29 is 12.8 Å². The van der Waals surface area contributed by atoms with E-state index in [2.05, 4.69) is 4.72 Å². The molecule has 0 aliphatic carbocycles. The molecule has 0 bridgehead atoms. The molecule has 0 atom stereocenters. The summed E-state index contributed by atoms with van der Waals surface area (Å²) >= 11 is 0. The number of aromatic nitrogens is 1. The third-order valence-corrected chi connectivity index (χ3v) is 5.95. The summed E-state index contributed by atoms with van der Waals surface area (Å²) in [7, 11) is -2.19. The lowest BCUT2D eigenvalue weighted by molar-refractivity contribution is 0.450. The van der Waals surface area contributed by atoms with Crippen LogP contribution in [0.25, 0.3) is 11.1 Å². The predicted octanol–water partition coefficient (Wildman–Crippen LogP) is 2.74. The van der Waals surface area contributed by atoms with Gasteiger partial charge in [0.15, 0.2) is 5.58 Å². The maximum atomic E-state index is 12.8. The summed E-state index contributed by atoms with van der Waals surface area (Å²) in [6.45, 7) is 5.69. The van der Waals surface area contributed by atoms with Gasteiger partial charge in [0.1, 0.15) is 0 Å². The number of sulfonamides is 1. The summed E-state index contributed by atoms with van der Waals surface area (Å²) in [5.41, 5.74) is 2.32. The Kier molecular flexibility index (Phi) is 4.54. The van der Waals surface area contributed by atoms with E-state index in [1.807, 2.05) is 45.0 Å². The third kappa shape index (κ3) is 3.73. The zero-order valence-corrected chi connectivity index (χ0v) is 16.1. The number of benzene rings is 2. The molecule has 1 aromatic heterocycles. The minimum atomic E-state index is -3.76. The summed E-state index contributed by atoms with van der Waals surface area (Å²) < 4.78 is 34.7. The predicted molar refractivity (Wildman–Crippen MR) is 101 cm³/mol. The van der Waals surface area contributed by atoms with E-state index in [4.69, 9.17) is 4.42 Å². The zero-order chi connectivity index (χ0) is 19.1. The van der Waals surface area contributed by atoms with E-state index in [1.165, 1.54) is 16.7 Å². The van der Waals surface area contributed by atoms with E-state index in [0.717, 1.165) is 11.1 Å². The third-order valence-electron chi connectivity index (χ3n) is 4.25. The molecule has 2 aromatic carbocycles. The fraction of sp³-hybridized carbons (Fsp3) is 0.316. The first-order chi connectivity index (χ1) is 12.1. The fourth-order valence-electron chi connectivity index (χ4n) is 2.96. The normalized spacial score (nSPS) is 12.6. The summed E-state index contributed by atoms with van der Waals surface area (Å²) in [6.07, 6.45) is 0.551. The van der Waals surface area contributed by atoms with Crippen LogP contribution < -0.4 is 10.5 Å². The Morgan fingerprint density at radius 1 is 1.12 bits per heavy atom. The van der Waals surface area contributed by atoms with Crippen molar-refractivity contribution >= 4 is 21.1 Å². The van der Waals surface area contributed by atoms with Gasteiger partial charge >= 0.3 is 5.76 Å². The van der Waals surface area contributed by atoms with E-state index in [-0.39, 0.29) is 10.5 Å². The van der Waals surface area contributed by atoms with Gasteiger partial charge in [-0.2, -0.15) is 0 Å². The standard InChI is InChI=1S/C19H22N2O4S/c1-13-5-7-14(8-6-13)12-19(2,3)20-26(23,24)15-9-10-16-17(11-15)25-18(22)21(16)4/h5-11,20H,12H2,1-4H3. The van der Waals surface area contributed by atoms with E-state index < -0.39 is 21.3 Å². The maximum Gasteiger partial charge on any atom is 0.419 e. The second-order valence-electron chi connectivity index (χ2n) is 7.21. The summed E-state index contributed by atoms with van der Waals surface area (Å²) in [5, 5.41) is 0. The number of oxazole rings is 1. The van der Waals surface area contributed by atoms with Gasteiger partial charge in [0, 0.05) is 18.7 Å². The smallest absolute Gasteiger partial charge is 0.408 e. The number of hydrogen-bond acceptors (Lipinski definition) is 4. The van der Waals surface area contributed by atoms with E-state index in [0.29, 0.717) is 11.9 Å². The van der Waals surface area contributed by atoms with Gasteiger partial charge < -0.3 is 4.42 Å². The summed E-state index contributed by atoms with van der Waals surface area (Å²) in [6, 6.07) is 12.4. The molecule has 26 heavy (non-hydrogen) atoms. The molecule has 3 aromatic rings. The lowest BCUT2D eigenvalue weighted by Crippen LogP contribution is -2.44. The Hall–Kier alpha value is -2.38. The Balaban J connectivity index is 1.87. The first-order valence-corrected chi connectivity index (χ1v) is 9.75. The SMILES string of the molecule is Cc1ccc(CC(C)(C)NS(=O)(=O)c2ccc3c(c2)oc(=O)n3C)cc1. The van der Waals surface area contributed by atoms with Crippen LogP contribution in [0.2, 0.25) is 0 Å². The molecule has 0 aliphatic heterocycles. The number of nitrogens with zero attached hydrogens (tertiary/aromatic N) is 1. The van der Waals surface area contributed by atoms with Crippen LogP contribution in [0.1, 0.15) is 25.0 Å². The van der Waals surface area contributed by atoms with Gasteiger partial charge in [-0.3, -0.25) is 4.57 Å². The molecule has 0 radical (unpaired) electrons. The topological polar surface area (TPSA) is 81.3 Å². The molecular formula is C19H22N2O4S. The molecule has 0 unspecified atom stereocenters. The van der Waals surface area contributed by atoms with E-state index >= 15 is 0 Å². The minimum absolute atomic E-state index is 0.0660. The van der Waals surface area contributed by atoms with Gasteiger partial charge in [-0.05, 0) is 44.9 Å². The average Bonchev–Trinajstić information content (AvgIpc) is 2.82. The number of nitrogens with one attached hydrogen (secondary N) is 1. The van der Waals surface area contributed by atoms with Crippen LogP contribution in [-0.4, -0.2) is 18.5 Å². The second kappa shape index (κ2) is 6.41. The lowest BCUT2D eigenvalue weighted by Gasteiger charge is -2.26. The first-order valence-electron chi connectivity index (χ1n) is 8.26. The van der Waals surface area contributed by atoms with Gasteiger partial charge in [-0.1, -0.05) is 29.8 Å². The van der Waals surface area contributed by atoms with Gasteiger partial charge in [-0.15, -0.1) is 0 Å². The second-order valence-corrected chi connectivity index (χ2v) is 8.89. The van der Waals surface area contributed by atoms with Crippen molar-refractivity contribution in [2.24, 2.45) is 7.05 Å². The van der Waals surface area contributed by atoms with Crippen LogP contribution in [0.4, 0.5) is 0 Å². The Morgan fingerprint density at radius 3 is 2.42 bits per heavy atom. The Morgan fingerprint density at radius 2 is 1.77 bits per heavy atom. The van der Waals surface area contributed by atoms with Crippen molar-refractivity contribution in [3.05, 3.63) is 64.1 Å². The quantitative estimate of drug-likeness (QED) is 0.744. The summed E-state index contributed by atoms with van der Waals surface area (Å²) in [5.74, 6) is -0.526. The highest BCUT2D eigenvalue weighted by atomic mass is 32.2. The van der Waals surface area contributed by atoms with Crippen molar-refractivity contribution in [1.29, 1.82) is 0 Å². The van der Waals surface area contributed by atoms with Crippen molar-refractivity contribution in [3.63, 3.8) is 0 Å². The number of rotatable bonds is 5. The largest absolute Gasteiger partial charge is 0.419 e. The molecule has 0 saturated carbocycles. The van der Waals surface area contributed by atoms with Crippen LogP contribution >= 0.6 is 0 Å². The molecule has 3 rings (SSSR count). The van der Waals surface area contributed by atoms with Crippen LogP contribution in [0.3, 0.4) is 0 Å². The van der Waals surface area contributed by atoms with Crippen molar-refractivity contribution in [2.75, 3.05) is 0 Å². The molecule has 0 amide bonds. The molecule has 0 fully saturated rings. The maximum absolute atomic E-state index is 12.8. The van der Waals surface area contributed by atoms with Gasteiger partial charge in [0.05, 0.1) is 10.4 Å². The van der Waals surface area contributed by atoms with Crippen LogP contribution in [0.5, 0.6) is 0 Å². The molecule has 6 nitrogen and oxygen atoms in total. The highest BCUT2D eigenvalue weighted by molar-refractivity contribution is 7.89. The highest BCUT2D eigenvalue weighted by Gasteiger charge is 2.27. The molecule has 0 aliphatic rings. The highest BCUT2D eigenvalue weighted by Crippen LogP contribution is 2.21. The number of aryl methyl sites for hydroxylation is 2. The van der Waals surface area contributed by atoms with Gasteiger partial charge in [0.25, 0.3) is 0 Å². The molecule has 1 N–H and O–H groups in total. The molecular weight excluding hydrogens is 352 g/mol. The van der Waals surface area contributed by atoms with Crippen molar-refractivity contribution in [2.45, 2.75) is 37.6 Å². The Bertz CT molecular complexity index is 1110. The Labute approximate surface area is 152 Å². The molecule has 138 valence electrons. The molecule has 7 heteroatoms. The van der Waals surface area contributed by atoms with Gasteiger partial charge in [0.2, 0.25) is 10.0 Å². The van der Waals surface area contributed by atoms with E-state index in [1.54, 1.807) is 13.1 Å². The van der Waals surface area contributed by atoms with Crippen LogP contribution in [-0.2, 0) is 23.5 Å². The number of hydrogen-bond donors (Lipinski definition) is 1. The zero-order valence-electron chi connectivity index (χ0n) is 15.2. The average molecular weight is 374 g/mol. The lowest BCUT2D eigenvalue weighted by atomic mass is 9.96. The van der Waals surface area contributed by atoms with Crippen molar-refractivity contribution in [3.8, 4) is 0 Å². The fourth-order valence-corrected chi connectivity index (χ4v) is 4.38. The molecule has 1 heterocycles. The van der Waals surface area contributed by atoms with Crippen LogP contribution in [0.15, 0.2) is 56.6 Å². The first kappa shape index (κ1) is 18.4. The number of fused-ring (bicyclic) bond motifs is 1. The van der Waals surface area contributed by atoms with E-state index in [9.17, 15) is 13.2 Å². The molecule has 0 spiro atoms. The molecule has 0 saturated heterocycles. The minimum Gasteiger partial charge on any atom is -0.408 e. The van der Waals surface area contributed by atoms with Crippen LogP contribution in [0, 0.1) is 6.92 Å². The summed E-state index contributed by atoms with van der Waals surface area (Å²) in [4.78, 5) is 11.7.